The molecule has 2 rings (SSSR count). The van der Waals surface area contributed by atoms with Crippen molar-refractivity contribution in [1.82, 2.24) is 4.98 Å². The molecule has 23 heavy (non-hydrogen) atoms. The van der Waals surface area contributed by atoms with Crippen molar-refractivity contribution in [3.63, 3.8) is 0 Å². The summed E-state index contributed by atoms with van der Waals surface area (Å²) in [5.74, 6) is 0.536. The number of anilines is 2. The van der Waals surface area contributed by atoms with Gasteiger partial charge in [0.2, 0.25) is 5.91 Å². The van der Waals surface area contributed by atoms with E-state index < -0.39 is 0 Å². The monoisotopic (exact) mass is 311 g/mol. The van der Waals surface area contributed by atoms with Crippen LogP contribution in [-0.4, -0.2) is 17.4 Å². The highest BCUT2D eigenvalue weighted by molar-refractivity contribution is 5.91. The third-order valence-corrected chi connectivity index (χ3v) is 3.59. The lowest BCUT2D eigenvalue weighted by molar-refractivity contribution is -0.115. The smallest absolute Gasteiger partial charge is 0.229 e. The SMILES string of the molecule is CCCCCNc1ccc(NC(=O)Cc2cccc(C)c2)nc1. The van der Waals surface area contributed by atoms with Crippen LogP contribution in [0.15, 0.2) is 42.6 Å². The Bertz CT molecular complexity index is 623. The second-order valence-corrected chi connectivity index (χ2v) is 5.78. The van der Waals surface area contributed by atoms with Gasteiger partial charge in [-0.25, -0.2) is 4.98 Å². The van der Waals surface area contributed by atoms with E-state index in [1.54, 1.807) is 6.20 Å². The molecule has 0 saturated heterocycles. The molecule has 1 amide bonds. The topological polar surface area (TPSA) is 54.0 Å². The van der Waals surface area contributed by atoms with Gasteiger partial charge in [-0.15, -0.1) is 0 Å². The van der Waals surface area contributed by atoms with Gasteiger partial charge in [0, 0.05) is 6.54 Å². The van der Waals surface area contributed by atoms with Crippen LogP contribution in [0.25, 0.3) is 0 Å². The molecule has 0 unspecified atom stereocenters. The van der Waals surface area contributed by atoms with Crippen molar-refractivity contribution in [2.45, 2.75) is 39.5 Å². The number of hydrogen-bond donors (Lipinski definition) is 2. The lowest BCUT2D eigenvalue weighted by Crippen LogP contribution is -2.15. The van der Waals surface area contributed by atoms with Crippen molar-refractivity contribution in [3.05, 3.63) is 53.7 Å². The molecule has 0 atom stereocenters. The number of nitrogens with one attached hydrogen (secondary N) is 2. The Balaban J connectivity index is 1.81. The molecule has 0 bridgehead atoms. The lowest BCUT2D eigenvalue weighted by atomic mass is 10.1. The van der Waals surface area contributed by atoms with E-state index in [2.05, 4.69) is 22.5 Å². The van der Waals surface area contributed by atoms with Gasteiger partial charge in [-0.3, -0.25) is 4.79 Å². The van der Waals surface area contributed by atoms with E-state index in [0.717, 1.165) is 29.8 Å². The Morgan fingerprint density at radius 1 is 1.17 bits per heavy atom. The molecule has 1 aromatic heterocycles. The molecule has 1 aromatic carbocycles. The number of rotatable bonds is 8. The predicted molar refractivity (Wildman–Crippen MR) is 95.8 cm³/mol. The van der Waals surface area contributed by atoms with Crippen molar-refractivity contribution in [2.24, 2.45) is 0 Å². The Kier molecular flexibility index (Phi) is 6.60. The van der Waals surface area contributed by atoms with Gasteiger partial charge in [-0.2, -0.15) is 0 Å². The maximum Gasteiger partial charge on any atom is 0.229 e. The lowest BCUT2D eigenvalue weighted by Gasteiger charge is -2.08. The van der Waals surface area contributed by atoms with E-state index in [0.29, 0.717) is 12.2 Å². The number of nitrogens with zero attached hydrogens (tertiary/aromatic N) is 1. The summed E-state index contributed by atoms with van der Waals surface area (Å²) in [6.45, 7) is 5.17. The molecular formula is C19H25N3O. The molecule has 2 aromatic rings. The van der Waals surface area contributed by atoms with E-state index in [1.807, 2.05) is 43.3 Å². The van der Waals surface area contributed by atoms with Crippen molar-refractivity contribution < 1.29 is 4.79 Å². The number of carbonyl (C=O) groups is 1. The minimum atomic E-state index is -0.0493. The minimum Gasteiger partial charge on any atom is -0.384 e. The Morgan fingerprint density at radius 2 is 2.04 bits per heavy atom. The van der Waals surface area contributed by atoms with E-state index in [1.165, 1.54) is 12.8 Å². The van der Waals surface area contributed by atoms with Gasteiger partial charge < -0.3 is 10.6 Å². The number of aromatic nitrogens is 1. The van der Waals surface area contributed by atoms with Crippen LogP contribution in [0.2, 0.25) is 0 Å². The Labute approximate surface area is 138 Å². The van der Waals surface area contributed by atoms with E-state index in [9.17, 15) is 4.79 Å². The molecule has 4 heteroatoms. The second kappa shape index (κ2) is 8.93. The Morgan fingerprint density at radius 3 is 2.74 bits per heavy atom. The molecule has 122 valence electrons. The van der Waals surface area contributed by atoms with Gasteiger partial charge >= 0.3 is 0 Å². The summed E-state index contributed by atoms with van der Waals surface area (Å²) in [6.07, 6.45) is 5.72. The van der Waals surface area contributed by atoms with E-state index in [-0.39, 0.29) is 5.91 Å². The fraction of sp³-hybridized carbons (Fsp3) is 0.368. The fourth-order valence-electron chi connectivity index (χ4n) is 2.37. The summed E-state index contributed by atoms with van der Waals surface area (Å²) in [7, 11) is 0. The normalized spacial score (nSPS) is 10.3. The summed E-state index contributed by atoms with van der Waals surface area (Å²) < 4.78 is 0. The first-order valence-electron chi connectivity index (χ1n) is 8.22. The van der Waals surface area contributed by atoms with Crippen LogP contribution in [0.3, 0.4) is 0 Å². The van der Waals surface area contributed by atoms with Crippen LogP contribution in [0.4, 0.5) is 11.5 Å². The number of pyridine rings is 1. The van der Waals surface area contributed by atoms with Gasteiger partial charge in [0.15, 0.2) is 0 Å². The number of amides is 1. The highest BCUT2D eigenvalue weighted by Crippen LogP contribution is 2.11. The van der Waals surface area contributed by atoms with Crippen molar-refractivity contribution in [3.8, 4) is 0 Å². The molecule has 0 spiro atoms. The van der Waals surface area contributed by atoms with Crippen LogP contribution in [0, 0.1) is 6.92 Å². The average Bonchev–Trinajstić information content (AvgIpc) is 2.53. The van der Waals surface area contributed by atoms with Gasteiger partial charge in [0.1, 0.15) is 5.82 Å². The average molecular weight is 311 g/mol. The summed E-state index contributed by atoms with van der Waals surface area (Å²) >= 11 is 0. The predicted octanol–water partition coefficient (Wildman–Crippen LogP) is 4.17. The molecule has 0 saturated carbocycles. The molecular weight excluding hydrogens is 286 g/mol. The van der Waals surface area contributed by atoms with Crippen LogP contribution in [0.1, 0.15) is 37.3 Å². The molecule has 0 fully saturated rings. The number of carbonyl (C=O) groups excluding carboxylic acids is 1. The van der Waals surface area contributed by atoms with Crippen molar-refractivity contribution >= 4 is 17.4 Å². The standard InChI is InChI=1S/C19H25N3O/c1-3-4-5-11-20-17-9-10-18(21-14-17)22-19(23)13-16-8-6-7-15(2)12-16/h6-10,12,14,20H,3-5,11,13H2,1-2H3,(H,21,22,23). The first-order chi connectivity index (χ1) is 11.2. The molecule has 0 aliphatic carbocycles. The molecule has 4 nitrogen and oxygen atoms in total. The van der Waals surface area contributed by atoms with Gasteiger partial charge in [-0.1, -0.05) is 49.6 Å². The molecule has 2 N–H and O–H groups in total. The zero-order chi connectivity index (χ0) is 16.5. The molecule has 0 radical (unpaired) electrons. The third-order valence-electron chi connectivity index (χ3n) is 3.59. The molecule has 0 aliphatic heterocycles. The summed E-state index contributed by atoms with van der Waals surface area (Å²) in [4.78, 5) is 16.3. The van der Waals surface area contributed by atoms with Crippen LogP contribution >= 0.6 is 0 Å². The van der Waals surface area contributed by atoms with Crippen molar-refractivity contribution in [1.29, 1.82) is 0 Å². The molecule has 1 heterocycles. The number of aryl methyl sites for hydroxylation is 1. The zero-order valence-corrected chi connectivity index (χ0v) is 13.9. The van der Waals surface area contributed by atoms with Crippen LogP contribution < -0.4 is 10.6 Å². The van der Waals surface area contributed by atoms with Gasteiger partial charge in [0.25, 0.3) is 0 Å². The quantitative estimate of drug-likeness (QED) is 0.719. The first-order valence-corrected chi connectivity index (χ1v) is 8.22. The summed E-state index contributed by atoms with van der Waals surface area (Å²) in [5, 5.41) is 6.17. The minimum absolute atomic E-state index is 0.0493. The summed E-state index contributed by atoms with van der Waals surface area (Å²) in [5.41, 5.74) is 3.15. The maximum atomic E-state index is 12.1. The maximum absolute atomic E-state index is 12.1. The first kappa shape index (κ1) is 17.0. The van der Waals surface area contributed by atoms with E-state index in [4.69, 9.17) is 0 Å². The number of hydrogen-bond acceptors (Lipinski definition) is 3. The second-order valence-electron chi connectivity index (χ2n) is 5.78. The number of unbranched alkanes of at least 4 members (excludes halogenated alkanes) is 2. The summed E-state index contributed by atoms with van der Waals surface area (Å²) in [6, 6.07) is 11.8. The largest absolute Gasteiger partial charge is 0.384 e. The molecule has 0 aliphatic rings. The van der Waals surface area contributed by atoms with E-state index >= 15 is 0 Å². The third kappa shape index (κ3) is 6.10. The van der Waals surface area contributed by atoms with Crippen LogP contribution in [-0.2, 0) is 11.2 Å². The van der Waals surface area contributed by atoms with Gasteiger partial charge in [-0.05, 0) is 31.0 Å². The highest BCUT2D eigenvalue weighted by atomic mass is 16.1. The fourth-order valence-corrected chi connectivity index (χ4v) is 2.37. The number of benzene rings is 1. The highest BCUT2D eigenvalue weighted by Gasteiger charge is 2.05. The van der Waals surface area contributed by atoms with Gasteiger partial charge in [0.05, 0.1) is 18.3 Å². The van der Waals surface area contributed by atoms with Crippen molar-refractivity contribution in [2.75, 3.05) is 17.2 Å². The Hall–Kier alpha value is -2.36. The van der Waals surface area contributed by atoms with Crippen LogP contribution in [0.5, 0.6) is 0 Å². The zero-order valence-electron chi connectivity index (χ0n) is 13.9.